The molecule has 0 aromatic heterocycles. The SMILES string of the molecule is C[C@@H](O[Si](C)(C)C(C)(C)C)[C@H]1C(=O)N(OC(=O)C=P(c2ccccc2)(c2ccccc2)c2ccccc2)[C@@H]1CC(=O)c1ccc(N2CCN(C)C2=O)cc1. The maximum absolute atomic E-state index is 14.3. The van der Waals surface area contributed by atoms with Crippen LogP contribution in [0, 0.1) is 5.92 Å². The number of amides is 3. The molecular weight excluding hydrogens is 714 g/mol. The van der Waals surface area contributed by atoms with Gasteiger partial charge in [0.1, 0.15) is 0 Å². The van der Waals surface area contributed by atoms with Gasteiger partial charge in [0.05, 0.1) is 18.1 Å². The Hall–Kier alpha value is -4.76. The maximum atomic E-state index is 14.3. The van der Waals surface area contributed by atoms with E-state index in [0.717, 1.165) is 21.0 Å². The lowest BCUT2D eigenvalue weighted by Gasteiger charge is -2.49. The van der Waals surface area contributed by atoms with Crippen molar-refractivity contribution < 1.29 is 28.4 Å². The number of carbonyl (C=O) groups is 4. The molecule has 3 atom stereocenters. The smallest absolute Gasteiger partial charge is 0.357 e. The summed E-state index contributed by atoms with van der Waals surface area (Å²) in [4.78, 5) is 64.2. The van der Waals surface area contributed by atoms with Crippen molar-refractivity contribution in [2.24, 2.45) is 5.92 Å². The van der Waals surface area contributed by atoms with Crippen LogP contribution in [0.5, 0.6) is 0 Å². The van der Waals surface area contributed by atoms with Gasteiger partial charge in [0, 0.05) is 43.6 Å². The Balaban J connectivity index is 1.34. The van der Waals surface area contributed by atoms with Crippen molar-refractivity contribution in [3.05, 3.63) is 121 Å². The van der Waals surface area contributed by atoms with Gasteiger partial charge in [0.2, 0.25) is 0 Å². The molecule has 54 heavy (non-hydrogen) atoms. The van der Waals surface area contributed by atoms with Crippen molar-refractivity contribution >= 4 is 66.3 Å². The number of hydrogen-bond donors (Lipinski definition) is 0. The fraction of sp³-hybridized carbons (Fsp3) is 0.326. The topological polar surface area (TPSA) is 96.5 Å². The van der Waals surface area contributed by atoms with Gasteiger partial charge in [-0.2, -0.15) is 5.06 Å². The standard InChI is InChI=1S/C43H50N3O6PSi/c1-31(52-54(6,7)43(2,3)4)40-37(29-38(47)32-23-25-33(26-24-32)45-28-27-44(5)42(45)50)46(41(40)49)51-39(48)30-53(34-17-11-8-12-18-34,35-19-13-9-14-20-35)36-21-15-10-16-22-36/h8-26,30-31,37,40H,27-29H2,1-7H3/t31-,37-,40-/m1/s1. The average Bonchev–Trinajstić information content (AvgIpc) is 3.50. The summed E-state index contributed by atoms with van der Waals surface area (Å²) in [5.74, 6) is -0.330. The van der Waals surface area contributed by atoms with Crippen LogP contribution < -0.4 is 20.8 Å². The van der Waals surface area contributed by atoms with Gasteiger partial charge >= 0.3 is 12.0 Å². The molecule has 0 aliphatic carbocycles. The molecule has 0 unspecified atom stereocenters. The number of carbonyl (C=O) groups excluding carboxylic acids is 4. The Labute approximate surface area is 319 Å². The molecule has 2 heterocycles. The first-order chi connectivity index (χ1) is 25.6. The molecule has 282 valence electrons. The van der Waals surface area contributed by atoms with Gasteiger partial charge in [-0.1, -0.05) is 112 Å². The number of likely N-dealkylation sites (N-methyl/N-ethyl adjacent to an activating group) is 1. The monoisotopic (exact) mass is 763 g/mol. The fourth-order valence-electron chi connectivity index (χ4n) is 7.05. The predicted octanol–water partition coefficient (Wildman–Crippen LogP) is 6.62. The molecular formula is C43H50N3O6PSi. The first-order valence-electron chi connectivity index (χ1n) is 18.4. The minimum Gasteiger partial charge on any atom is -0.413 e. The first kappa shape index (κ1) is 38.9. The molecule has 3 amide bonds. The van der Waals surface area contributed by atoms with Crippen molar-refractivity contribution in [2.75, 3.05) is 25.0 Å². The zero-order valence-corrected chi connectivity index (χ0v) is 34.0. The number of ketones is 1. The molecule has 4 aromatic carbocycles. The predicted molar refractivity (Wildman–Crippen MR) is 220 cm³/mol. The zero-order chi connectivity index (χ0) is 38.8. The minimum absolute atomic E-state index is 0.0735. The van der Waals surface area contributed by atoms with Crippen LogP contribution >= 0.6 is 6.89 Å². The lowest BCUT2D eigenvalue weighted by molar-refractivity contribution is -0.239. The van der Waals surface area contributed by atoms with Crippen molar-refractivity contribution in [3.8, 4) is 0 Å². The largest absolute Gasteiger partial charge is 0.413 e. The first-order valence-corrected chi connectivity index (χ1v) is 23.2. The molecule has 2 saturated heterocycles. The van der Waals surface area contributed by atoms with Crippen LogP contribution in [0.4, 0.5) is 10.5 Å². The number of anilines is 1. The fourth-order valence-corrected chi connectivity index (χ4v) is 12.1. The Kier molecular flexibility index (Phi) is 11.2. The van der Waals surface area contributed by atoms with Crippen LogP contribution in [-0.4, -0.2) is 80.1 Å². The molecule has 9 nitrogen and oxygen atoms in total. The molecule has 11 heteroatoms. The Morgan fingerprint density at radius 2 is 1.31 bits per heavy atom. The van der Waals surface area contributed by atoms with Crippen molar-refractivity contribution in [3.63, 3.8) is 0 Å². The number of hydrogen-bond acceptors (Lipinski definition) is 6. The second-order valence-electron chi connectivity index (χ2n) is 15.6. The van der Waals surface area contributed by atoms with Crippen LogP contribution in [0.1, 0.15) is 44.5 Å². The highest BCUT2D eigenvalue weighted by Crippen LogP contribution is 2.45. The third kappa shape index (κ3) is 7.60. The van der Waals surface area contributed by atoms with Crippen LogP contribution in [0.15, 0.2) is 115 Å². The summed E-state index contributed by atoms with van der Waals surface area (Å²) in [5, 5.41) is 3.87. The van der Waals surface area contributed by atoms with E-state index in [4.69, 9.17) is 9.26 Å². The highest BCUT2D eigenvalue weighted by atomic mass is 31.2. The van der Waals surface area contributed by atoms with Crippen LogP contribution in [0.2, 0.25) is 18.1 Å². The molecule has 6 rings (SSSR count). The third-order valence-electron chi connectivity index (χ3n) is 11.1. The number of nitrogens with zero attached hydrogens (tertiary/aromatic N) is 3. The molecule has 2 aliphatic rings. The Morgan fingerprint density at radius 1 is 0.815 bits per heavy atom. The number of β-lactam (4-membered cyclic amide) rings is 1. The summed E-state index contributed by atoms with van der Waals surface area (Å²) >= 11 is 0. The van der Waals surface area contributed by atoms with Crippen LogP contribution in [0.3, 0.4) is 0 Å². The molecule has 0 bridgehead atoms. The normalized spacial score (nSPS) is 18.3. The lowest BCUT2D eigenvalue weighted by Crippen LogP contribution is -2.66. The van der Waals surface area contributed by atoms with E-state index >= 15 is 0 Å². The van der Waals surface area contributed by atoms with Gasteiger partial charge in [-0.3, -0.25) is 14.5 Å². The van der Waals surface area contributed by atoms with Gasteiger partial charge in [-0.25, -0.2) is 9.59 Å². The second kappa shape index (κ2) is 15.5. The third-order valence-corrected chi connectivity index (χ3v) is 19.6. The summed E-state index contributed by atoms with van der Waals surface area (Å²) in [5.41, 5.74) is 1.15. The van der Waals surface area contributed by atoms with Gasteiger partial charge in [0.15, 0.2) is 14.1 Å². The lowest BCUT2D eigenvalue weighted by atomic mass is 9.81. The quantitative estimate of drug-likeness (QED) is 0.0697. The highest BCUT2D eigenvalue weighted by molar-refractivity contribution is 7.95. The summed E-state index contributed by atoms with van der Waals surface area (Å²) < 4.78 is 6.69. The maximum Gasteiger partial charge on any atom is 0.357 e. The molecule has 0 spiro atoms. The van der Waals surface area contributed by atoms with E-state index in [2.05, 4.69) is 33.9 Å². The Bertz CT molecular complexity index is 1950. The minimum atomic E-state index is -2.72. The van der Waals surface area contributed by atoms with E-state index in [1.165, 1.54) is 0 Å². The number of urea groups is 1. The number of hydroxylamine groups is 2. The summed E-state index contributed by atoms with van der Waals surface area (Å²) in [6, 6.07) is 35.8. The van der Waals surface area contributed by atoms with E-state index in [0.29, 0.717) is 24.3 Å². The number of Topliss-reactive ketones (excluding diaryl/α,β-unsaturated/α-hetero) is 1. The summed E-state index contributed by atoms with van der Waals surface area (Å²) in [6.45, 7) is 11.0. The van der Waals surface area contributed by atoms with E-state index in [-0.39, 0.29) is 23.3 Å². The van der Waals surface area contributed by atoms with E-state index in [9.17, 15) is 19.2 Å². The van der Waals surface area contributed by atoms with Gasteiger partial charge in [0.25, 0.3) is 5.91 Å². The van der Waals surface area contributed by atoms with Crippen molar-refractivity contribution in [2.45, 2.75) is 64.4 Å². The molecule has 2 aliphatic heterocycles. The van der Waals surface area contributed by atoms with Gasteiger partial charge in [-0.05, 0) is 72.1 Å². The van der Waals surface area contributed by atoms with Crippen molar-refractivity contribution in [1.29, 1.82) is 0 Å². The average molecular weight is 764 g/mol. The van der Waals surface area contributed by atoms with E-state index in [1.54, 1.807) is 46.9 Å². The van der Waals surface area contributed by atoms with Crippen LogP contribution in [0.25, 0.3) is 0 Å². The zero-order valence-electron chi connectivity index (χ0n) is 32.1. The van der Waals surface area contributed by atoms with Gasteiger partial charge < -0.3 is 14.2 Å². The summed E-state index contributed by atoms with van der Waals surface area (Å²) in [6.07, 6.45) is -0.587. The number of rotatable bonds is 12. The highest BCUT2D eigenvalue weighted by Gasteiger charge is 2.55. The number of benzene rings is 4. The molecule has 0 N–H and O–H groups in total. The molecule has 4 aromatic rings. The van der Waals surface area contributed by atoms with Gasteiger partial charge in [-0.15, -0.1) is 0 Å². The molecule has 0 saturated carbocycles. The second-order valence-corrected chi connectivity index (χ2v) is 23.6. The van der Waals surface area contributed by atoms with Crippen LogP contribution in [-0.2, 0) is 18.9 Å². The van der Waals surface area contributed by atoms with Crippen molar-refractivity contribution in [1.82, 2.24) is 9.96 Å². The van der Waals surface area contributed by atoms with E-state index < -0.39 is 45.1 Å². The molecule has 0 radical (unpaired) electrons. The summed E-state index contributed by atoms with van der Waals surface area (Å²) in [7, 11) is -0.546. The van der Waals surface area contributed by atoms with E-state index in [1.807, 2.05) is 97.9 Å². The molecule has 2 fully saturated rings. The Morgan fingerprint density at radius 3 is 1.76 bits per heavy atom.